The molecule has 1 fully saturated rings. The first-order valence-corrected chi connectivity index (χ1v) is 6.58. The maximum Gasteiger partial charge on any atom is 0.234 e. The van der Waals surface area contributed by atoms with Gasteiger partial charge in [0.25, 0.3) is 0 Å². The SMILES string of the molecule is CNCC1CCCN(CC(=O)NC(C)(C)C)C1. The molecule has 0 aromatic rings. The van der Waals surface area contributed by atoms with Gasteiger partial charge in [-0.3, -0.25) is 9.69 Å². The lowest BCUT2D eigenvalue weighted by Gasteiger charge is -2.33. The van der Waals surface area contributed by atoms with Crippen molar-refractivity contribution in [3.05, 3.63) is 0 Å². The fraction of sp³-hybridized carbons (Fsp3) is 0.923. The van der Waals surface area contributed by atoms with E-state index in [0.29, 0.717) is 12.5 Å². The van der Waals surface area contributed by atoms with Crippen LogP contribution < -0.4 is 10.6 Å². The van der Waals surface area contributed by atoms with Gasteiger partial charge in [0.15, 0.2) is 0 Å². The minimum absolute atomic E-state index is 0.128. The summed E-state index contributed by atoms with van der Waals surface area (Å²) in [4.78, 5) is 14.1. The van der Waals surface area contributed by atoms with Gasteiger partial charge in [0.2, 0.25) is 5.91 Å². The van der Waals surface area contributed by atoms with Gasteiger partial charge < -0.3 is 10.6 Å². The first-order chi connectivity index (χ1) is 7.90. The molecular formula is C13H27N3O. The zero-order valence-corrected chi connectivity index (χ0v) is 11.7. The van der Waals surface area contributed by atoms with Gasteiger partial charge in [-0.2, -0.15) is 0 Å². The van der Waals surface area contributed by atoms with Gasteiger partial charge in [0.05, 0.1) is 6.54 Å². The summed E-state index contributed by atoms with van der Waals surface area (Å²) >= 11 is 0. The molecule has 1 rings (SSSR count). The summed E-state index contributed by atoms with van der Waals surface area (Å²) in [5, 5.41) is 6.24. The summed E-state index contributed by atoms with van der Waals surface area (Å²) in [6.07, 6.45) is 2.48. The lowest BCUT2D eigenvalue weighted by molar-refractivity contribution is -0.124. The van der Waals surface area contributed by atoms with Gasteiger partial charge in [-0.15, -0.1) is 0 Å². The van der Waals surface area contributed by atoms with E-state index >= 15 is 0 Å². The van der Waals surface area contributed by atoms with Gasteiger partial charge in [-0.05, 0) is 59.7 Å². The minimum Gasteiger partial charge on any atom is -0.350 e. The highest BCUT2D eigenvalue weighted by atomic mass is 16.2. The number of piperidine rings is 1. The van der Waals surface area contributed by atoms with Crippen LogP contribution in [0.2, 0.25) is 0 Å². The normalized spacial score (nSPS) is 22.5. The molecule has 2 N–H and O–H groups in total. The van der Waals surface area contributed by atoms with Crippen LogP contribution in [0.4, 0.5) is 0 Å². The molecule has 1 saturated heterocycles. The van der Waals surface area contributed by atoms with Crippen LogP contribution in [-0.4, -0.2) is 49.6 Å². The summed E-state index contributed by atoms with van der Waals surface area (Å²) in [5.41, 5.74) is -0.128. The molecule has 0 aliphatic carbocycles. The van der Waals surface area contributed by atoms with Crippen molar-refractivity contribution in [2.75, 3.05) is 33.2 Å². The molecule has 4 nitrogen and oxygen atoms in total. The smallest absolute Gasteiger partial charge is 0.234 e. The lowest BCUT2D eigenvalue weighted by Crippen LogP contribution is -2.48. The van der Waals surface area contributed by atoms with E-state index in [4.69, 9.17) is 0 Å². The highest BCUT2D eigenvalue weighted by Gasteiger charge is 2.22. The summed E-state index contributed by atoms with van der Waals surface area (Å²) in [6, 6.07) is 0. The molecule has 0 aromatic heterocycles. The second kappa shape index (κ2) is 6.36. The zero-order valence-electron chi connectivity index (χ0n) is 11.7. The number of rotatable bonds is 4. The number of hydrogen-bond acceptors (Lipinski definition) is 3. The van der Waals surface area contributed by atoms with Crippen LogP contribution in [0.15, 0.2) is 0 Å². The molecule has 1 aliphatic heterocycles. The molecule has 0 saturated carbocycles. The van der Waals surface area contributed by atoms with Crippen molar-refractivity contribution in [3.8, 4) is 0 Å². The van der Waals surface area contributed by atoms with E-state index in [2.05, 4.69) is 15.5 Å². The van der Waals surface area contributed by atoms with Crippen molar-refractivity contribution >= 4 is 5.91 Å². The van der Waals surface area contributed by atoms with E-state index in [1.54, 1.807) is 0 Å². The van der Waals surface area contributed by atoms with Gasteiger partial charge in [-0.25, -0.2) is 0 Å². The second-order valence-corrected chi connectivity index (χ2v) is 6.10. The Kier molecular flexibility index (Phi) is 5.40. The van der Waals surface area contributed by atoms with Crippen LogP contribution in [-0.2, 0) is 4.79 Å². The number of amides is 1. The van der Waals surface area contributed by atoms with Gasteiger partial charge >= 0.3 is 0 Å². The van der Waals surface area contributed by atoms with Crippen molar-refractivity contribution in [2.24, 2.45) is 5.92 Å². The molecule has 100 valence electrons. The Morgan fingerprint density at radius 1 is 1.41 bits per heavy atom. The Bertz CT molecular complexity index is 246. The molecule has 1 aliphatic rings. The number of hydrogen-bond donors (Lipinski definition) is 2. The Balaban J connectivity index is 2.33. The highest BCUT2D eigenvalue weighted by molar-refractivity contribution is 5.78. The number of carbonyl (C=O) groups is 1. The molecule has 0 spiro atoms. The first kappa shape index (κ1) is 14.5. The van der Waals surface area contributed by atoms with E-state index in [1.807, 2.05) is 27.8 Å². The van der Waals surface area contributed by atoms with Crippen LogP contribution in [0.3, 0.4) is 0 Å². The third-order valence-electron chi connectivity index (χ3n) is 2.98. The van der Waals surface area contributed by atoms with E-state index in [9.17, 15) is 4.79 Å². The van der Waals surface area contributed by atoms with Crippen molar-refractivity contribution < 1.29 is 4.79 Å². The third kappa shape index (κ3) is 6.03. The fourth-order valence-electron chi connectivity index (χ4n) is 2.41. The monoisotopic (exact) mass is 241 g/mol. The molecule has 17 heavy (non-hydrogen) atoms. The zero-order chi connectivity index (χ0) is 12.9. The quantitative estimate of drug-likeness (QED) is 0.766. The van der Waals surface area contributed by atoms with Crippen LogP contribution in [0.25, 0.3) is 0 Å². The van der Waals surface area contributed by atoms with Gasteiger partial charge in [0, 0.05) is 12.1 Å². The molecule has 0 aromatic carbocycles. The van der Waals surface area contributed by atoms with E-state index in [0.717, 1.165) is 19.6 Å². The standard InChI is InChI=1S/C13H27N3O/c1-13(2,3)15-12(17)10-16-7-5-6-11(9-16)8-14-4/h11,14H,5-10H2,1-4H3,(H,15,17). The molecule has 0 radical (unpaired) electrons. The Labute approximate surface area is 105 Å². The molecule has 4 heteroatoms. The average molecular weight is 241 g/mol. The Hall–Kier alpha value is -0.610. The number of nitrogens with one attached hydrogen (secondary N) is 2. The van der Waals surface area contributed by atoms with Crippen LogP contribution in [0, 0.1) is 5.92 Å². The maximum absolute atomic E-state index is 11.8. The van der Waals surface area contributed by atoms with Gasteiger partial charge in [-0.1, -0.05) is 0 Å². The number of carbonyl (C=O) groups excluding carboxylic acids is 1. The summed E-state index contributed by atoms with van der Waals surface area (Å²) in [5.74, 6) is 0.832. The summed E-state index contributed by atoms with van der Waals surface area (Å²) < 4.78 is 0. The van der Waals surface area contributed by atoms with Crippen LogP contribution in [0.1, 0.15) is 33.6 Å². The van der Waals surface area contributed by atoms with E-state index in [-0.39, 0.29) is 11.4 Å². The minimum atomic E-state index is -0.128. The molecule has 1 heterocycles. The number of nitrogens with zero attached hydrogens (tertiary/aromatic N) is 1. The fourth-order valence-corrected chi connectivity index (χ4v) is 2.41. The van der Waals surface area contributed by atoms with Crippen molar-refractivity contribution in [1.82, 2.24) is 15.5 Å². The van der Waals surface area contributed by atoms with Gasteiger partial charge in [0.1, 0.15) is 0 Å². The molecule has 1 unspecified atom stereocenters. The van der Waals surface area contributed by atoms with E-state index < -0.39 is 0 Å². The molecular weight excluding hydrogens is 214 g/mol. The number of likely N-dealkylation sites (tertiary alicyclic amines) is 1. The predicted molar refractivity (Wildman–Crippen MR) is 71.0 cm³/mol. The first-order valence-electron chi connectivity index (χ1n) is 6.58. The highest BCUT2D eigenvalue weighted by Crippen LogP contribution is 2.15. The third-order valence-corrected chi connectivity index (χ3v) is 2.98. The lowest BCUT2D eigenvalue weighted by atomic mass is 9.98. The van der Waals surface area contributed by atoms with Crippen LogP contribution >= 0.6 is 0 Å². The Morgan fingerprint density at radius 2 is 2.12 bits per heavy atom. The largest absolute Gasteiger partial charge is 0.350 e. The maximum atomic E-state index is 11.8. The topological polar surface area (TPSA) is 44.4 Å². The Morgan fingerprint density at radius 3 is 2.71 bits per heavy atom. The van der Waals surface area contributed by atoms with Crippen molar-refractivity contribution in [2.45, 2.75) is 39.2 Å². The summed E-state index contributed by atoms with van der Waals surface area (Å²) in [7, 11) is 1.99. The van der Waals surface area contributed by atoms with Crippen molar-refractivity contribution in [1.29, 1.82) is 0 Å². The molecule has 0 bridgehead atoms. The van der Waals surface area contributed by atoms with E-state index in [1.165, 1.54) is 12.8 Å². The predicted octanol–water partition coefficient (Wildman–Crippen LogP) is 0.833. The molecule has 1 amide bonds. The van der Waals surface area contributed by atoms with Crippen LogP contribution in [0.5, 0.6) is 0 Å². The average Bonchev–Trinajstić information content (AvgIpc) is 2.15. The molecule has 1 atom stereocenters. The summed E-state index contributed by atoms with van der Waals surface area (Å²) in [6.45, 7) is 9.74. The van der Waals surface area contributed by atoms with Crippen molar-refractivity contribution in [3.63, 3.8) is 0 Å². The second-order valence-electron chi connectivity index (χ2n) is 6.10.